The number of rotatable bonds is 1. The van der Waals surface area contributed by atoms with Crippen molar-refractivity contribution < 1.29 is 14.3 Å². The molecule has 17 heavy (non-hydrogen) atoms. The number of hydrogen-bond donors (Lipinski definition) is 1. The topological polar surface area (TPSA) is 40.5 Å². The lowest BCUT2D eigenvalue weighted by molar-refractivity contribution is 0.0764. The highest BCUT2D eigenvalue weighted by Gasteiger charge is 2.27. The van der Waals surface area contributed by atoms with E-state index < -0.39 is 11.9 Å². The Morgan fingerprint density at radius 1 is 1.41 bits per heavy atom. The van der Waals surface area contributed by atoms with Gasteiger partial charge in [-0.3, -0.25) is 4.79 Å². The van der Waals surface area contributed by atoms with E-state index in [1.165, 1.54) is 11.0 Å². The van der Waals surface area contributed by atoms with Crippen LogP contribution in [0.15, 0.2) is 12.1 Å². The maximum atomic E-state index is 13.3. The van der Waals surface area contributed by atoms with Crippen LogP contribution >= 0.6 is 23.2 Å². The number of nitrogens with zero attached hydrogens (tertiary/aromatic N) is 1. The van der Waals surface area contributed by atoms with Gasteiger partial charge in [-0.1, -0.05) is 23.2 Å². The van der Waals surface area contributed by atoms with Gasteiger partial charge in [0.2, 0.25) is 0 Å². The Bertz CT molecular complexity index is 467. The van der Waals surface area contributed by atoms with E-state index in [1.807, 2.05) is 0 Å². The molecule has 1 aliphatic rings. The molecule has 1 heterocycles. The Balaban J connectivity index is 2.28. The summed E-state index contributed by atoms with van der Waals surface area (Å²) in [6.45, 7) is 0.694. The molecule has 1 atom stereocenters. The molecule has 2 rings (SSSR count). The van der Waals surface area contributed by atoms with Crippen molar-refractivity contribution in [2.24, 2.45) is 0 Å². The molecule has 1 fully saturated rings. The first kappa shape index (κ1) is 12.6. The van der Waals surface area contributed by atoms with Crippen LogP contribution in [0.3, 0.4) is 0 Å². The Morgan fingerprint density at radius 2 is 2.12 bits per heavy atom. The fourth-order valence-corrected chi connectivity index (χ4v) is 2.25. The number of hydrogen-bond acceptors (Lipinski definition) is 2. The third-order valence-electron chi connectivity index (χ3n) is 2.69. The van der Waals surface area contributed by atoms with Gasteiger partial charge in [0.05, 0.1) is 21.7 Å². The second-order valence-electron chi connectivity index (χ2n) is 3.94. The van der Waals surface area contributed by atoms with E-state index in [2.05, 4.69) is 0 Å². The molecule has 0 aromatic heterocycles. The first-order valence-corrected chi connectivity index (χ1v) is 5.86. The predicted molar refractivity (Wildman–Crippen MR) is 62.9 cm³/mol. The number of carbonyl (C=O) groups excluding carboxylic acids is 1. The molecule has 3 nitrogen and oxygen atoms in total. The molecule has 1 aromatic carbocycles. The summed E-state index contributed by atoms with van der Waals surface area (Å²) >= 11 is 11.4. The van der Waals surface area contributed by atoms with Crippen molar-refractivity contribution in [1.82, 2.24) is 4.90 Å². The van der Waals surface area contributed by atoms with Crippen LogP contribution in [-0.2, 0) is 0 Å². The molecule has 0 radical (unpaired) electrons. The zero-order chi connectivity index (χ0) is 12.6. The minimum Gasteiger partial charge on any atom is -0.391 e. The highest BCUT2D eigenvalue weighted by Crippen LogP contribution is 2.26. The second kappa shape index (κ2) is 4.80. The summed E-state index contributed by atoms with van der Waals surface area (Å²) < 4.78 is 13.3. The number of amides is 1. The number of halogens is 3. The van der Waals surface area contributed by atoms with Crippen LogP contribution in [-0.4, -0.2) is 35.1 Å². The van der Waals surface area contributed by atoms with E-state index in [9.17, 15) is 14.3 Å². The monoisotopic (exact) mass is 277 g/mol. The largest absolute Gasteiger partial charge is 0.391 e. The highest BCUT2D eigenvalue weighted by molar-refractivity contribution is 6.36. The van der Waals surface area contributed by atoms with Gasteiger partial charge < -0.3 is 10.0 Å². The highest BCUT2D eigenvalue weighted by atomic mass is 35.5. The molecule has 0 unspecified atom stereocenters. The van der Waals surface area contributed by atoms with E-state index in [0.29, 0.717) is 13.0 Å². The Kier molecular flexibility index (Phi) is 3.56. The molecule has 92 valence electrons. The second-order valence-corrected chi connectivity index (χ2v) is 4.75. The number of benzene rings is 1. The Hall–Kier alpha value is -0.840. The number of carbonyl (C=O) groups is 1. The molecule has 0 saturated carbocycles. The van der Waals surface area contributed by atoms with Gasteiger partial charge in [0, 0.05) is 13.1 Å². The van der Waals surface area contributed by atoms with E-state index in [-0.39, 0.29) is 28.1 Å². The molecule has 1 saturated heterocycles. The molecule has 1 aromatic rings. The normalized spacial score (nSPS) is 19.8. The minimum absolute atomic E-state index is 0.0719. The summed E-state index contributed by atoms with van der Waals surface area (Å²) in [5, 5.41) is 9.34. The maximum absolute atomic E-state index is 13.3. The lowest BCUT2D eigenvalue weighted by atomic mass is 10.2. The van der Waals surface area contributed by atoms with Crippen molar-refractivity contribution in [1.29, 1.82) is 0 Å². The predicted octanol–water partition coefficient (Wildman–Crippen LogP) is 2.34. The van der Waals surface area contributed by atoms with Gasteiger partial charge >= 0.3 is 0 Å². The van der Waals surface area contributed by atoms with Crippen LogP contribution in [0.25, 0.3) is 0 Å². The number of β-amino-alcohol motifs (C(OH)–C–C–N with tert-alkyl or cyclic N) is 1. The zero-order valence-corrected chi connectivity index (χ0v) is 10.3. The summed E-state index contributed by atoms with van der Waals surface area (Å²) in [5.41, 5.74) is 0.0719. The fourth-order valence-electron chi connectivity index (χ4n) is 1.78. The number of likely N-dealkylation sites (tertiary alicyclic amines) is 1. The molecule has 0 bridgehead atoms. The SMILES string of the molecule is O=C(c1cc(F)c(Cl)cc1Cl)N1CC[C@@H](O)C1. The summed E-state index contributed by atoms with van der Waals surface area (Å²) in [6, 6.07) is 2.23. The van der Waals surface area contributed by atoms with Crippen molar-refractivity contribution in [3.8, 4) is 0 Å². The van der Waals surface area contributed by atoms with Gasteiger partial charge in [0.15, 0.2) is 0 Å². The van der Waals surface area contributed by atoms with Gasteiger partial charge in [-0.05, 0) is 18.6 Å². The van der Waals surface area contributed by atoms with Crippen LogP contribution in [0.1, 0.15) is 16.8 Å². The average molecular weight is 278 g/mol. The van der Waals surface area contributed by atoms with Crippen molar-refractivity contribution >= 4 is 29.1 Å². The lowest BCUT2D eigenvalue weighted by Gasteiger charge is -2.16. The standard InChI is InChI=1S/C11H10Cl2FNO2/c12-8-4-9(13)10(14)3-7(8)11(17)15-2-1-6(16)5-15/h3-4,6,16H,1-2,5H2/t6-/m1/s1. The number of aliphatic hydroxyl groups excluding tert-OH is 1. The first-order chi connectivity index (χ1) is 7.99. The van der Waals surface area contributed by atoms with Crippen LogP contribution < -0.4 is 0 Å². The Labute approximate surface area is 108 Å². The van der Waals surface area contributed by atoms with Crippen LogP contribution in [0, 0.1) is 5.82 Å². The number of aliphatic hydroxyl groups is 1. The van der Waals surface area contributed by atoms with E-state index in [0.717, 1.165) is 6.07 Å². The summed E-state index contributed by atoms with van der Waals surface area (Å²) in [6.07, 6.45) is 0.00858. The van der Waals surface area contributed by atoms with E-state index >= 15 is 0 Å². The molecule has 1 N–H and O–H groups in total. The van der Waals surface area contributed by atoms with Crippen molar-refractivity contribution in [3.05, 3.63) is 33.6 Å². The average Bonchev–Trinajstić information content (AvgIpc) is 2.69. The molecule has 6 heteroatoms. The quantitative estimate of drug-likeness (QED) is 0.801. The zero-order valence-electron chi connectivity index (χ0n) is 8.79. The molecular weight excluding hydrogens is 268 g/mol. The van der Waals surface area contributed by atoms with E-state index in [4.69, 9.17) is 23.2 Å². The van der Waals surface area contributed by atoms with Gasteiger partial charge in [0.25, 0.3) is 5.91 Å². The molecular formula is C11H10Cl2FNO2. The smallest absolute Gasteiger partial charge is 0.255 e. The van der Waals surface area contributed by atoms with Crippen molar-refractivity contribution in [3.63, 3.8) is 0 Å². The fraction of sp³-hybridized carbons (Fsp3) is 0.364. The minimum atomic E-state index is -0.681. The van der Waals surface area contributed by atoms with Crippen LogP contribution in [0.2, 0.25) is 10.0 Å². The molecule has 0 aliphatic carbocycles. The van der Waals surface area contributed by atoms with Gasteiger partial charge in [-0.25, -0.2) is 4.39 Å². The first-order valence-electron chi connectivity index (χ1n) is 5.11. The summed E-state index contributed by atoms with van der Waals surface area (Å²) in [5.74, 6) is -1.07. The lowest BCUT2D eigenvalue weighted by Crippen LogP contribution is -2.29. The van der Waals surface area contributed by atoms with Gasteiger partial charge in [0.1, 0.15) is 5.82 Å². The molecule has 0 spiro atoms. The van der Waals surface area contributed by atoms with Crippen molar-refractivity contribution in [2.45, 2.75) is 12.5 Å². The third kappa shape index (κ3) is 2.54. The summed E-state index contributed by atoms with van der Waals surface area (Å²) in [7, 11) is 0. The van der Waals surface area contributed by atoms with Crippen molar-refractivity contribution in [2.75, 3.05) is 13.1 Å². The van der Waals surface area contributed by atoms with Gasteiger partial charge in [-0.15, -0.1) is 0 Å². The third-order valence-corrected chi connectivity index (χ3v) is 3.29. The molecule has 1 aliphatic heterocycles. The Morgan fingerprint density at radius 3 is 2.71 bits per heavy atom. The summed E-state index contributed by atoms with van der Waals surface area (Å²) in [4.78, 5) is 13.4. The maximum Gasteiger partial charge on any atom is 0.255 e. The van der Waals surface area contributed by atoms with Crippen LogP contribution in [0.5, 0.6) is 0 Å². The van der Waals surface area contributed by atoms with E-state index in [1.54, 1.807) is 0 Å². The molecule has 1 amide bonds. The van der Waals surface area contributed by atoms with Gasteiger partial charge in [-0.2, -0.15) is 0 Å². The van der Waals surface area contributed by atoms with Crippen LogP contribution in [0.4, 0.5) is 4.39 Å².